The molecule has 4 aliphatic carbocycles. The summed E-state index contributed by atoms with van der Waals surface area (Å²) in [5, 5.41) is 6.53. The summed E-state index contributed by atoms with van der Waals surface area (Å²) < 4.78 is 0. The Balaban J connectivity index is 1.33. The lowest BCUT2D eigenvalue weighted by atomic mass is 9.45. The van der Waals surface area contributed by atoms with Crippen LogP contribution in [0.3, 0.4) is 0 Å². The second-order valence-corrected chi connectivity index (χ2v) is 9.68. The maximum Gasteiger partial charge on any atom is 0.315 e. The molecule has 28 heavy (non-hydrogen) atoms. The molecule has 4 saturated carbocycles. The van der Waals surface area contributed by atoms with Crippen molar-refractivity contribution in [2.45, 2.75) is 62.9 Å². The lowest BCUT2D eigenvalue weighted by Gasteiger charge is -2.62. The second kappa shape index (κ2) is 6.65. The zero-order valence-electron chi connectivity index (χ0n) is 16.7. The Hall–Kier alpha value is -2.29. The molecule has 2 aromatic carbocycles. The van der Waals surface area contributed by atoms with Crippen LogP contribution < -0.4 is 10.6 Å². The van der Waals surface area contributed by atoms with E-state index >= 15 is 0 Å². The summed E-state index contributed by atoms with van der Waals surface area (Å²) in [6, 6.07) is 19.3. The molecule has 2 amide bonds. The number of urea groups is 1. The van der Waals surface area contributed by atoms with E-state index in [0.29, 0.717) is 6.54 Å². The molecule has 0 aromatic heterocycles. The summed E-state index contributed by atoms with van der Waals surface area (Å²) in [5.74, 6) is 1.49. The van der Waals surface area contributed by atoms with Crippen molar-refractivity contribution in [3.05, 3.63) is 71.3 Å². The minimum absolute atomic E-state index is 0.00939. The van der Waals surface area contributed by atoms with Crippen molar-refractivity contribution in [2.75, 3.05) is 0 Å². The Kier molecular flexibility index (Phi) is 4.22. The molecule has 4 bridgehead atoms. The van der Waals surface area contributed by atoms with Crippen LogP contribution in [0.15, 0.2) is 54.6 Å². The van der Waals surface area contributed by atoms with Crippen LogP contribution >= 0.6 is 0 Å². The summed E-state index contributed by atoms with van der Waals surface area (Å²) in [6.07, 6.45) is 7.33. The highest BCUT2D eigenvalue weighted by atomic mass is 16.2. The van der Waals surface area contributed by atoms with E-state index < -0.39 is 0 Å². The van der Waals surface area contributed by atoms with E-state index in [9.17, 15) is 4.79 Å². The second-order valence-electron chi connectivity index (χ2n) is 9.68. The van der Waals surface area contributed by atoms with Gasteiger partial charge >= 0.3 is 6.03 Å². The number of carbonyl (C=O) groups is 1. The summed E-state index contributed by atoms with van der Waals surface area (Å²) in [4.78, 5) is 12.8. The number of rotatable bonds is 4. The Bertz CT molecular complexity index is 844. The fourth-order valence-electron chi connectivity index (χ4n) is 6.72. The molecule has 2 atom stereocenters. The zero-order valence-corrected chi connectivity index (χ0v) is 16.7. The number of carbonyl (C=O) groups excluding carboxylic acids is 1. The van der Waals surface area contributed by atoms with Gasteiger partial charge in [0.1, 0.15) is 0 Å². The smallest absolute Gasteiger partial charge is 0.315 e. The van der Waals surface area contributed by atoms with Crippen molar-refractivity contribution < 1.29 is 4.79 Å². The monoisotopic (exact) mass is 374 g/mol. The van der Waals surface area contributed by atoms with E-state index in [4.69, 9.17) is 0 Å². The van der Waals surface area contributed by atoms with Gasteiger partial charge in [-0.2, -0.15) is 0 Å². The Morgan fingerprint density at radius 3 is 2.32 bits per heavy atom. The minimum Gasteiger partial charge on any atom is -0.334 e. The first kappa shape index (κ1) is 17.8. The van der Waals surface area contributed by atoms with Gasteiger partial charge in [-0.1, -0.05) is 60.2 Å². The van der Waals surface area contributed by atoms with Gasteiger partial charge in [0.15, 0.2) is 0 Å². The summed E-state index contributed by atoms with van der Waals surface area (Å²) in [7, 11) is 0. The summed E-state index contributed by atoms with van der Waals surface area (Å²) in [6.45, 7) is 2.74. The number of nitrogens with one attached hydrogen (secondary N) is 2. The molecule has 0 saturated heterocycles. The maximum atomic E-state index is 12.8. The highest BCUT2D eigenvalue weighted by Crippen LogP contribution is 2.62. The van der Waals surface area contributed by atoms with E-state index in [2.05, 4.69) is 54.0 Å². The predicted octanol–water partition coefficient (Wildman–Crippen LogP) is 5.08. The van der Waals surface area contributed by atoms with Crippen molar-refractivity contribution in [1.29, 1.82) is 0 Å². The number of aryl methyl sites for hydroxylation is 1. The zero-order chi connectivity index (χ0) is 19.2. The molecular formula is C25H30N2O. The topological polar surface area (TPSA) is 41.1 Å². The molecule has 0 spiro atoms. The summed E-state index contributed by atoms with van der Waals surface area (Å²) in [5.41, 5.74) is 4.17. The largest absolute Gasteiger partial charge is 0.334 e. The van der Waals surface area contributed by atoms with Crippen LogP contribution in [0.4, 0.5) is 4.79 Å². The molecule has 6 rings (SSSR count). The lowest BCUT2D eigenvalue weighted by Crippen LogP contribution is -2.65. The van der Waals surface area contributed by atoms with Gasteiger partial charge in [0.2, 0.25) is 0 Å². The van der Waals surface area contributed by atoms with Crippen LogP contribution in [0.2, 0.25) is 0 Å². The molecule has 4 aliphatic rings. The van der Waals surface area contributed by atoms with Crippen molar-refractivity contribution in [3.63, 3.8) is 0 Å². The molecule has 0 radical (unpaired) electrons. The van der Waals surface area contributed by atoms with Crippen molar-refractivity contribution in [1.82, 2.24) is 10.6 Å². The van der Waals surface area contributed by atoms with Crippen LogP contribution in [-0.4, -0.2) is 11.6 Å². The third kappa shape index (κ3) is 3.21. The molecule has 3 nitrogen and oxygen atoms in total. The minimum atomic E-state index is -0.0320. The highest BCUT2D eigenvalue weighted by molar-refractivity contribution is 5.75. The van der Waals surface area contributed by atoms with Crippen molar-refractivity contribution in [2.24, 2.45) is 11.8 Å². The molecule has 0 aliphatic heterocycles. The van der Waals surface area contributed by atoms with E-state index in [1.165, 1.54) is 30.4 Å². The molecular weight excluding hydrogens is 344 g/mol. The van der Waals surface area contributed by atoms with Crippen LogP contribution in [0.25, 0.3) is 0 Å². The summed E-state index contributed by atoms with van der Waals surface area (Å²) >= 11 is 0. The van der Waals surface area contributed by atoms with Gasteiger partial charge in [0, 0.05) is 12.1 Å². The van der Waals surface area contributed by atoms with Crippen LogP contribution in [0.5, 0.6) is 0 Å². The molecule has 4 fully saturated rings. The van der Waals surface area contributed by atoms with Crippen molar-refractivity contribution in [3.8, 4) is 0 Å². The number of amides is 2. The lowest BCUT2D eigenvalue weighted by molar-refractivity contribution is -0.0350. The van der Waals surface area contributed by atoms with Gasteiger partial charge < -0.3 is 10.6 Å². The SMILES string of the molecule is Cc1ccc(C23C[C@@H]4C[C@H](CC(NC(=O)NCc5ccccc5)(C4)C2)C3)cc1. The average molecular weight is 375 g/mol. The van der Waals surface area contributed by atoms with E-state index in [1.54, 1.807) is 0 Å². The predicted molar refractivity (Wildman–Crippen MR) is 112 cm³/mol. The molecule has 146 valence electrons. The molecule has 2 N–H and O–H groups in total. The highest BCUT2D eigenvalue weighted by Gasteiger charge is 2.58. The number of hydrogen-bond donors (Lipinski definition) is 2. The van der Waals surface area contributed by atoms with E-state index in [1.807, 2.05) is 18.2 Å². The van der Waals surface area contributed by atoms with Gasteiger partial charge in [-0.3, -0.25) is 0 Å². The Morgan fingerprint density at radius 2 is 1.64 bits per heavy atom. The fourth-order valence-corrected chi connectivity index (χ4v) is 6.72. The van der Waals surface area contributed by atoms with Gasteiger partial charge in [0.25, 0.3) is 0 Å². The Labute approximate surface area is 167 Å². The van der Waals surface area contributed by atoms with E-state index in [-0.39, 0.29) is 17.0 Å². The third-order valence-electron chi connectivity index (χ3n) is 7.40. The van der Waals surface area contributed by atoms with Gasteiger partial charge in [-0.05, 0) is 73.8 Å². The molecule has 2 aromatic rings. The molecule has 0 unspecified atom stereocenters. The first-order chi connectivity index (χ1) is 13.5. The van der Waals surface area contributed by atoms with Crippen molar-refractivity contribution >= 4 is 6.03 Å². The van der Waals surface area contributed by atoms with Gasteiger partial charge in [-0.25, -0.2) is 4.79 Å². The average Bonchev–Trinajstić information content (AvgIpc) is 2.66. The third-order valence-corrected chi connectivity index (χ3v) is 7.40. The Morgan fingerprint density at radius 1 is 0.964 bits per heavy atom. The van der Waals surface area contributed by atoms with Crippen LogP contribution in [0, 0.1) is 18.8 Å². The first-order valence-electron chi connectivity index (χ1n) is 10.7. The normalized spacial score (nSPS) is 32.9. The molecule has 0 heterocycles. The number of hydrogen-bond acceptors (Lipinski definition) is 1. The van der Waals surface area contributed by atoms with Gasteiger partial charge in [0.05, 0.1) is 0 Å². The number of benzene rings is 2. The maximum absolute atomic E-state index is 12.8. The van der Waals surface area contributed by atoms with Crippen LogP contribution in [0.1, 0.15) is 55.2 Å². The first-order valence-corrected chi connectivity index (χ1v) is 10.7. The standard InChI is InChI=1S/C25H30N2O/c1-18-7-9-22(10-8-18)24-12-20-11-21(13-24)15-25(14-20,17-24)27-23(28)26-16-19-5-3-2-4-6-19/h2-10,20-21H,11-17H2,1H3,(H2,26,27,28)/t20-,21-,24?,25?/m0/s1. The van der Waals surface area contributed by atoms with E-state index in [0.717, 1.165) is 36.7 Å². The molecule has 3 heteroatoms. The van der Waals surface area contributed by atoms with Crippen LogP contribution in [-0.2, 0) is 12.0 Å². The van der Waals surface area contributed by atoms with Gasteiger partial charge in [-0.15, -0.1) is 0 Å². The fraction of sp³-hybridized carbons (Fsp3) is 0.480. The quantitative estimate of drug-likeness (QED) is 0.769.